The lowest BCUT2D eigenvalue weighted by atomic mass is 9.71. The molecule has 0 spiro atoms. The monoisotopic (exact) mass is 783 g/mol. The highest BCUT2D eigenvalue weighted by Gasteiger charge is 2.57. The Hall–Kier alpha value is -4.95. The van der Waals surface area contributed by atoms with Crippen molar-refractivity contribution in [1.82, 2.24) is 9.80 Å². The average molecular weight is 784 g/mol. The zero-order valence-electron chi connectivity index (χ0n) is 33.2. The van der Waals surface area contributed by atoms with Crippen LogP contribution in [0.1, 0.15) is 75.0 Å². The summed E-state index contributed by atoms with van der Waals surface area (Å²) in [6, 6.07) is 20.4. The van der Waals surface area contributed by atoms with E-state index >= 15 is 0 Å². The van der Waals surface area contributed by atoms with E-state index in [0.717, 1.165) is 44.7 Å². The number of aromatic hydroxyl groups is 1. The van der Waals surface area contributed by atoms with Gasteiger partial charge in [-0.15, -0.1) is 0 Å². The number of esters is 1. The predicted octanol–water partition coefficient (Wildman–Crippen LogP) is 8.11. The van der Waals surface area contributed by atoms with E-state index in [1.54, 1.807) is 17.8 Å². The molecule has 4 aromatic rings. The van der Waals surface area contributed by atoms with Crippen LogP contribution in [0.25, 0.3) is 11.1 Å². The zero-order chi connectivity index (χ0) is 39.7. The first kappa shape index (κ1) is 37.6. The molecule has 1 N–H and O–H groups in total. The average Bonchev–Trinajstić information content (AvgIpc) is 3.83. The first-order chi connectivity index (χ1) is 27.6. The van der Waals surface area contributed by atoms with Crippen LogP contribution in [0.4, 0.5) is 0 Å². The summed E-state index contributed by atoms with van der Waals surface area (Å²) in [5.74, 6) is 3.34. The first-order valence-electron chi connectivity index (χ1n) is 20.0. The van der Waals surface area contributed by atoms with Gasteiger partial charge in [0.1, 0.15) is 30.8 Å². The number of aryl methyl sites for hydroxylation is 1. The van der Waals surface area contributed by atoms with Crippen LogP contribution in [0.3, 0.4) is 0 Å². The Labute approximate surface area is 339 Å². The van der Waals surface area contributed by atoms with E-state index in [1.807, 2.05) is 27.7 Å². The van der Waals surface area contributed by atoms with Crippen molar-refractivity contribution in [1.29, 1.82) is 5.26 Å². The van der Waals surface area contributed by atoms with E-state index < -0.39 is 12.1 Å². The minimum absolute atomic E-state index is 0.0214. The normalized spacial score (nSPS) is 23.3. The number of benzene rings is 4. The van der Waals surface area contributed by atoms with Gasteiger partial charge in [-0.25, -0.2) is 0 Å². The molecular weight excluding hydrogens is 735 g/mol. The number of phenolic OH excluding ortho intramolecular Hbond substituents is 1. The minimum Gasteiger partial charge on any atom is -0.507 e. The molecule has 4 aliphatic heterocycles. The van der Waals surface area contributed by atoms with Crippen molar-refractivity contribution in [3.63, 3.8) is 0 Å². The molecule has 0 radical (unpaired) electrons. The Kier molecular flexibility index (Phi) is 9.75. The van der Waals surface area contributed by atoms with Crippen molar-refractivity contribution in [3.05, 3.63) is 117 Å². The summed E-state index contributed by atoms with van der Waals surface area (Å²) in [7, 11) is 2.07. The van der Waals surface area contributed by atoms with Crippen LogP contribution >= 0.6 is 11.8 Å². The van der Waals surface area contributed by atoms with E-state index in [-0.39, 0.29) is 49.3 Å². The highest BCUT2D eigenvalue weighted by atomic mass is 32.2. The predicted molar refractivity (Wildman–Crippen MR) is 221 cm³/mol. The van der Waals surface area contributed by atoms with Crippen molar-refractivity contribution in [3.8, 4) is 40.2 Å². The Morgan fingerprint density at radius 2 is 1.74 bits per heavy atom. The van der Waals surface area contributed by atoms with E-state index in [9.17, 15) is 15.2 Å². The number of thioether (sulfide) groups is 1. The van der Waals surface area contributed by atoms with Gasteiger partial charge in [-0.05, 0) is 79.6 Å². The van der Waals surface area contributed by atoms with Crippen LogP contribution in [0.5, 0.6) is 23.0 Å². The summed E-state index contributed by atoms with van der Waals surface area (Å²) in [4.78, 5) is 18.5. The van der Waals surface area contributed by atoms with Gasteiger partial charge in [-0.1, -0.05) is 74.2 Å². The van der Waals surface area contributed by atoms with Gasteiger partial charge in [-0.3, -0.25) is 14.6 Å². The van der Waals surface area contributed by atoms with Gasteiger partial charge in [0, 0.05) is 51.8 Å². The van der Waals surface area contributed by atoms with Crippen LogP contribution in [0.2, 0.25) is 0 Å². The number of hydrogen-bond acceptors (Lipinski definition) is 10. The quantitative estimate of drug-likeness (QED) is 0.125. The molecule has 1 aliphatic carbocycles. The molecule has 10 heteroatoms. The number of piperazine rings is 1. The van der Waals surface area contributed by atoms with Crippen molar-refractivity contribution >= 4 is 17.7 Å². The third-order valence-electron chi connectivity index (χ3n) is 13.2. The second kappa shape index (κ2) is 14.8. The fourth-order valence-corrected chi connectivity index (χ4v) is 11.6. The maximum Gasteiger partial charge on any atom is 0.309 e. The maximum absolute atomic E-state index is 14.0. The molecule has 4 aromatic carbocycles. The molecule has 1 unspecified atom stereocenters. The molecule has 0 aromatic heterocycles. The van der Waals surface area contributed by atoms with E-state index in [1.165, 1.54) is 22.3 Å². The molecule has 5 aliphatic rings. The standard InChI is InChI=1S/C47H49N3O6S/c1-7-16-53-44-28(5)45-46(56-24-55-45)41-34(44)19-37-42-40-29(17-25(2)27(4)43(40)51)18-36(49(42)6)38(20-48)50(37)39(41)21-54-47(52)26(3)22-57-23-35-32-14-10-8-12-30(32)31-13-9-11-15-33(31)35/h7-15,17,26,35-39,42,51H,1,16,18-19,21-24H2,2-6H3/t26-,36+,37?,38+,39+,42+/m1/s1. The van der Waals surface area contributed by atoms with Gasteiger partial charge in [0.05, 0.1) is 24.1 Å². The van der Waals surface area contributed by atoms with Crippen LogP contribution < -0.4 is 14.2 Å². The molecule has 9 rings (SSSR count). The number of likely N-dealkylation sites (N-methyl/N-ethyl adjacent to an activating group) is 1. The van der Waals surface area contributed by atoms with Crippen molar-refractivity contribution < 1.29 is 28.8 Å². The van der Waals surface area contributed by atoms with E-state index in [2.05, 4.69) is 84.1 Å². The first-order valence-corrected chi connectivity index (χ1v) is 21.1. The third kappa shape index (κ3) is 5.92. The van der Waals surface area contributed by atoms with Crippen molar-refractivity contribution in [2.24, 2.45) is 5.92 Å². The van der Waals surface area contributed by atoms with Gasteiger partial charge in [0.25, 0.3) is 0 Å². The molecule has 9 nitrogen and oxygen atoms in total. The molecule has 0 saturated carbocycles. The SMILES string of the molecule is C=CCOc1c(C)c2c(c3c1CC1[C@H]4c5c(cc(C)c(C)c5O)C[C@@H]([C@H](C#N)N1[C@H]3COC(=O)[C@H](C)CSCC1c3ccccc3-c3ccccc31)N4C)OCO2. The third-order valence-corrected chi connectivity index (χ3v) is 14.5. The molecule has 57 heavy (non-hydrogen) atoms. The van der Waals surface area contributed by atoms with Gasteiger partial charge in [0.15, 0.2) is 11.5 Å². The Bertz CT molecular complexity index is 2290. The Balaban J connectivity index is 1.04. The van der Waals surface area contributed by atoms with E-state index in [0.29, 0.717) is 48.2 Å². The molecular formula is C47H49N3O6S. The van der Waals surface area contributed by atoms with Crippen LogP contribution in [-0.4, -0.2) is 77.6 Å². The number of carbonyl (C=O) groups excluding carboxylic acids is 1. The zero-order valence-corrected chi connectivity index (χ0v) is 34.0. The molecule has 0 amide bonds. The summed E-state index contributed by atoms with van der Waals surface area (Å²) in [6.45, 7) is 12.2. The highest BCUT2D eigenvalue weighted by molar-refractivity contribution is 7.99. The number of rotatable bonds is 10. The molecule has 2 bridgehead atoms. The summed E-state index contributed by atoms with van der Waals surface area (Å²) in [6.07, 6.45) is 2.86. The Morgan fingerprint density at radius 1 is 1.04 bits per heavy atom. The fourth-order valence-electron chi connectivity index (χ4n) is 10.4. The molecule has 1 saturated heterocycles. The second-order valence-corrected chi connectivity index (χ2v) is 17.3. The van der Waals surface area contributed by atoms with Gasteiger partial charge in [0.2, 0.25) is 6.79 Å². The van der Waals surface area contributed by atoms with Crippen molar-refractivity contribution in [2.45, 2.75) is 76.7 Å². The van der Waals surface area contributed by atoms with Crippen LogP contribution in [0.15, 0.2) is 67.3 Å². The minimum atomic E-state index is -0.535. The number of carbonyl (C=O) groups is 1. The summed E-state index contributed by atoms with van der Waals surface area (Å²) in [5.41, 5.74) is 11.8. The summed E-state index contributed by atoms with van der Waals surface area (Å²) in [5, 5.41) is 22.8. The van der Waals surface area contributed by atoms with Crippen LogP contribution in [-0.2, 0) is 22.4 Å². The van der Waals surface area contributed by atoms with Gasteiger partial charge in [-0.2, -0.15) is 17.0 Å². The Morgan fingerprint density at radius 3 is 2.44 bits per heavy atom. The number of fused-ring (bicyclic) bond motifs is 12. The fraction of sp³-hybridized carbons (Fsp3) is 0.404. The topological polar surface area (TPSA) is 104 Å². The number of hydrogen-bond donors (Lipinski definition) is 1. The van der Waals surface area contributed by atoms with Crippen molar-refractivity contribution in [2.75, 3.05) is 38.6 Å². The highest BCUT2D eigenvalue weighted by Crippen LogP contribution is 2.58. The lowest BCUT2D eigenvalue weighted by Crippen LogP contribution is -2.68. The molecule has 1 fully saturated rings. The van der Waals surface area contributed by atoms with Crippen LogP contribution in [0, 0.1) is 38.0 Å². The smallest absolute Gasteiger partial charge is 0.309 e. The number of phenols is 1. The number of nitriles is 1. The molecule has 4 heterocycles. The number of nitrogens with zero attached hydrogens (tertiary/aromatic N) is 3. The largest absolute Gasteiger partial charge is 0.507 e. The molecule has 294 valence electrons. The second-order valence-electron chi connectivity index (χ2n) is 16.2. The maximum atomic E-state index is 14.0. The summed E-state index contributed by atoms with van der Waals surface area (Å²) < 4.78 is 25.1. The van der Waals surface area contributed by atoms with E-state index in [4.69, 9.17) is 18.9 Å². The van der Waals surface area contributed by atoms with Gasteiger partial charge < -0.3 is 24.1 Å². The number of ether oxygens (including phenoxy) is 4. The lowest BCUT2D eigenvalue weighted by Gasteiger charge is -2.59. The molecule has 6 atom stereocenters. The summed E-state index contributed by atoms with van der Waals surface area (Å²) >= 11 is 1.78. The van der Waals surface area contributed by atoms with Gasteiger partial charge >= 0.3 is 5.97 Å². The lowest BCUT2D eigenvalue weighted by molar-refractivity contribution is -0.152.